The number of halogens is 1. The Hall–Kier alpha value is -1.59. The molecule has 3 rings (SSSR count). The van der Waals surface area contributed by atoms with Crippen molar-refractivity contribution in [3.8, 4) is 0 Å². The molecule has 112 valence electrons. The Morgan fingerprint density at radius 2 is 2.00 bits per heavy atom. The summed E-state index contributed by atoms with van der Waals surface area (Å²) in [7, 11) is 0. The molecule has 0 unspecified atom stereocenters. The fourth-order valence-electron chi connectivity index (χ4n) is 2.33. The second-order valence-electron chi connectivity index (χ2n) is 5.19. The molecule has 2 aromatic rings. The average molecular weight is 376 g/mol. The summed E-state index contributed by atoms with van der Waals surface area (Å²) in [5.74, 6) is -0.802. The quantitative estimate of drug-likeness (QED) is 0.817. The number of aliphatic carboxylic acids is 1. The van der Waals surface area contributed by atoms with E-state index in [2.05, 4.69) is 15.9 Å². The molecule has 0 aromatic heterocycles. The van der Waals surface area contributed by atoms with Crippen molar-refractivity contribution in [1.29, 1.82) is 0 Å². The number of nitrogens with zero attached hydrogens (tertiary/aromatic N) is 1. The van der Waals surface area contributed by atoms with E-state index in [1.807, 2.05) is 49.4 Å². The van der Waals surface area contributed by atoms with E-state index >= 15 is 0 Å². The Morgan fingerprint density at radius 3 is 2.68 bits per heavy atom. The third-order valence-electron chi connectivity index (χ3n) is 3.47. The molecule has 0 saturated heterocycles. The van der Waals surface area contributed by atoms with Crippen LogP contribution in [-0.4, -0.2) is 22.0 Å². The SMILES string of the molecule is Cc1ccc2c(c1)S[C@H](C(=O)O)CC(c1ccc(Br)cc1)=N2. The second kappa shape index (κ2) is 6.26. The zero-order valence-corrected chi connectivity index (χ0v) is 14.3. The molecule has 0 amide bonds. The minimum absolute atomic E-state index is 0.412. The lowest BCUT2D eigenvalue weighted by atomic mass is 10.1. The number of hydrogen-bond acceptors (Lipinski definition) is 3. The highest BCUT2D eigenvalue weighted by atomic mass is 79.9. The van der Waals surface area contributed by atoms with Crippen LogP contribution < -0.4 is 0 Å². The highest BCUT2D eigenvalue weighted by Crippen LogP contribution is 2.38. The molecule has 1 atom stereocenters. The fourth-order valence-corrected chi connectivity index (χ4v) is 3.73. The summed E-state index contributed by atoms with van der Waals surface area (Å²) in [6, 6.07) is 13.8. The Bertz CT molecular complexity index is 756. The first-order valence-corrected chi connectivity index (χ1v) is 8.54. The minimum Gasteiger partial charge on any atom is -0.480 e. The van der Waals surface area contributed by atoms with Gasteiger partial charge in [0.2, 0.25) is 0 Å². The maximum absolute atomic E-state index is 11.5. The summed E-state index contributed by atoms with van der Waals surface area (Å²) in [5, 5.41) is 8.96. The Kier molecular flexibility index (Phi) is 4.36. The normalized spacial score (nSPS) is 17.4. The third-order valence-corrected chi connectivity index (χ3v) is 5.23. The molecule has 0 aliphatic carbocycles. The van der Waals surface area contributed by atoms with Crippen LogP contribution >= 0.6 is 27.7 Å². The molecular weight excluding hydrogens is 362 g/mol. The highest BCUT2D eigenvalue weighted by molar-refractivity contribution is 9.10. The van der Waals surface area contributed by atoms with Crippen molar-refractivity contribution >= 4 is 45.1 Å². The first kappa shape index (κ1) is 15.3. The van der Waals surface area contributed by atoms with Gasteiger partial charge in [0.15, 0.2) is 0 Å². The molecule has 0 bridgehead atoms. The highest BCUT2D eigenvalue weighted by Gasteiger charge is 2.26. The van der Waals surface area contributed by atoms with E-state index in [1.54, 1.807) is 0 Å². The molecule has 0 radical (unpaired) electrons. The van der Waals surface area contributed by atoms with Gasteiger partial charge < -0.3 is 5.11 Å². The molecule has 1 heterocycles. The molecule has 1 aliphatic heterocycles. The Balaban J connectivity index is 2.09. The van der Waals surface area contributed by atoms with Crippen molar-refractivity contribution in [2.75, 3.05) is 0 Å². The molecule has 22 heavy (non-hydrogen) atoms. The maximum atomic E-state index is 11.5. The zero-order chi connectivity index (χ0) is 15.7. The molecular formula is C17H14BrNO2S. The number of aryl methyl sites for hydroxylation is 1. The molecule has 0 saturated carbocycles. The first-order valence-electron chi connectivity index (χ1n) is 6.86. The summed E-state index contributed by atoms with van der Waals surface area (Å²) < 4.78 is 0.991. The van der Waals surface area contributed by atoms with Gasteiger partial charge in [0, 0.05) is 15.8 Å². The van der Waals surface area contributed by atoms with Crippen LogP contribution in [0.4, 0.5) is 5.69 Å². The number of aliphatic imine (C=N–C) groups is 1. The smallest absolute Gasteiger partial charge is 0.317 e. The largest absolute Gasteiger partial charge is 0.480 e. The van der Waals surface area contributed by atoms with Crippen molar-refractivity contribution in [2.45, 2.75) is 23.5 Å². The van der Waals surface area contributed by atoms with Gasteiger partial charge in [0.05, 0.1) is 11.4 Å². The van der Waals surface area contributed by atoms with E-state index in [-0.39, 0.29) is 0 Å². The molecule has 1 aliphatic rings. The number of rotatable bonds is 2. The Labute approximate surface area is 141 Å². The molecule has 5 heteroatoms. The van der Waals surface area contributed by atoms with Gasteiger partial charge in [-0.25, -0.2) is 0 Å². The van der Waals surface area contributed by atoms with Crippen molar-refractivity contribution < 1.29 is 9.90 Å². The predicted octanol–water partition coefficient (Wildman–Crippen LogP) is 4.83. The molecule has 0 spiro atoms. The van der Waals surface area contributed by atoms with Gasteiger partial charge >= 0.3 is 5.97 Å². The van der Waals surface area contributed by atoms with Gasteiger partial charge in [-0.1, -0.05) is 34.1 Å². The molecule has 2 aromatic carbocycles. The average Bonchev–Trinajstić information content (AvgIpc) is 2.67. The lowest BCUT2D eigenvalue weighted by Gasteiger charge is -2.10. The van der Waals surface area contributed by atoms with Crippen molar-refractivity contribution in [1.82, 2.24) is 0 Å². The van der Waals surface area contributed by atoms with Crippen LogP contribution in [0.1, 0.15) is 17.5 Å². The van der Waals surface area contributed by atoms with Crippen LogP contribution in [0.2, 0.25) is 0 Å². The minimum atomic E-state index is -0.802. The van der Waals surface area contributed by atoms with Gasteiger partial charge in [-0.3, -0.25) is 9.79 Å². The Morgan fingerprint density at radius 1 is 1.27 bits per heavy atom. The number of hydrogen-bond donors (Lipinski definition) is 1. The van der Waals surface area contributed by atoms with E-state index in [9.17, 15) is 9.90 Å². The van der Waals surface area contributed by atoms with Crippen molar-refractivity contribution in [3.05, 3.63) is 58.1 Å². The fraction of sp³-hybridized carbons (Fsp3) is 0.176. The number of carboxylic acids is 1. The van der Waals surface area contributed by atoms with Crippen LogP contribution in [0.5, 0.6) is 0 Å². The monoisotopic (exact) mass is 375 g/mol. The topological polar surface area (TPSA) is 49.7 Å². The van der Waals surface area contributed by atoms with Crippen LogP contribution in [0, 0.1) is 6.92 Å². The van der Waals surface area contributed by atoms with E-state index in [0.29, 0.717) is 6.42 Å². The van der Waals surface area contributed by atoms with Crippen LogP contribution in [0.25, 0.3) is 0 Å². The molecule has 3 nitrogen and oxygen atoms in total. The van der Waals surface area contributed by atoms with Crippen LogP contribution in [0.15, 0.2) is 56.8 Å². The van der Waals surface area contributed by atoms with Gasteiger partial charge in [0.25, 0.3) is 0 Å². The van der Waals surface area contributed by atoms with Gasteiger partial charge in [0.1, 0.15) is 5.25 Å². The predicted molar refractivity (Wildman–Crippen MR) is 93.4 cm³/mol. The summed E-state index contributed by atoms with van der Waals surface area (Å²) >= 11 is 4.79. The number of carbonyl (C=O) groups is 1. The number of carboxylic acid groups (broad SMARTS) is 1. The van der Waals surface area contributed by atoms with Crippen molar-refractivity contribution in [2.24, 2.45) is 4.99 Å². The third kappa shape index (κ3) is 3.25. The molecule has 0 fully saturated rings. The lowest BCUT2D eigenvalue weighted by Crippen LogP contribution is -2.20. The van der Waals surface area contributed by atoms with Gasteiger partial charge in [-0.15, -0.1) is 11.8 Å². The zero-order valence-electron chi connectivity index (χ0n) is 11.9. The van der Waals surface area contributed by atoms with Gasteiger partial charge in [-0.05, 0) is 42.3 Å². The van der Waals surface area contributed by atoms with Crippen LogP contribution in [-0.2, 0) is 4.79 Å². The maximum Gasteiger partial charge on any atom is 0.317 e. The standard InChI is InChI=1S/C17H14BrNO2S/c1-10-2-7-13-15(8-10)22-16(17(20)21)9-14(19-13)11-3-5-12(18)6-4-11/h2-8,16H,9H2,1H3,(H,20,21)/t16-/m0/s1. The number of thioether (sulfide) groups is 1. The summed E-state index contributed by atoms with van der Waals surface area (Å²) in [4.78, 5) is 17.2. The summed E-state index contributed by atoms with van der Waals surface area (Å²) in [6.07, 6.45) is 0.412. The van der Waals surface area contributed by atoms with E-state index in [1.165, 1.54) is 11.8 Å². The van der Waals surface area contributed by atoms with E-state index < -0.39 is 11.2 Å². The van der Waals surface area contributed by atoms with E-state index in [0.717, 1.165) is 31.9 Å². The van der Waals surface area contributed by atoms with Gasteiger partial charge in [-0.2, -0.15) is 0 Å². The van der Waals surface area contributed by atoms with Crippen LogP contribution in [0.3, 0.4) is 0 Å². The second-order valence-corrected chi connectivity index (χ2v) is 7.35. The van der Waals surface area contributed by atoms with E-state index in [4.69, 9.17) is 4.99 Å². The number of benzene rings is 2. The lowest BCUT2D eigenvalue weighted by molar-refractivity contribution is -0.136. The summed E-state index contributed by atoms with van der Waals surface area (Å²) in [5.41, 5.74) is 3.73. The van der Waals surface area contributed by atoms with Crippen molar-refractivity contribution in [3.63, 3.8) is 0 Å². The number of fused-ring (bicyclic) bond motifs is 1. The first-order chi connectivity index (χ1) is 10.5. The summed E-state index contributed by atoms with van der Waals surface area (Å²) in [6.45, 7) is 2.00. The molecule has 1 N–H and O–H groups in total.